The van der Waals surface area contributed by atoms with E-state index in [-0.39, 0.29) is 17.2 Å². The van der Waals surface area contributed by atoms with Gasteiger partial charge in [-0.3, -0.25) is 9.59 Å². The van der Waals surface area contributed by atoms with E-state index in [1.54, 1.807) is 0 Å². The minimum Gasteiger partial charge on any atom is -0.481 e. The first kappa shape index (κ1) is 13.9. The van der Waals surface area contributed by atoms with Crippen LogP contribution in [0.3, 0.4) is 0 Å². The van der Waals surface area contributed by atoms with Gasteiger partial charge in [0.05, 0.1) is 11.8 Å². The summed E-state index contributed by atoms with van der Waals surface area (Å²) in [6.45, 7) is 5.46. The molecule has 2 atom stereocenters. The quantitative estimate of drug-likeness (QED) is 0.845. The highest BCUT2D eigenvalue weighted by Crippen LogP contribution is 2.59. The zero-order valence-electron chi connectivity index (χ0n) is 12.5. The lowest BCUT2D eigenvalue weighted by Crippen LogP contribution is -2.43. The normalized spacial score (nSPS) is 34.2. The molecule has 4 nitrogen and oxygen atoms in total. The summed E-state index contributed by atoms with van der Waals surface area (Å²) < 4.78 is 0. The van der Waals surface area contributed by atoms with Crippen LogP contribution in [-0.4, -0.2) is 35.0 Å². The van der Waals surface area contributed by atoms with Crippen LogP contribution in [0.15, 0.2) is 0 Å². The van der Waals surface area contributed by atoms with Gasteiger partial charge < -0.3 is 10.0 Å². The van der Waals surface area contributed by atoms with Crippen molar-refractivity contribution in [2.24, 2.45) is 22.7 Å². The Morgan fingerprint density at radius 3 is 2.00 bits per heavy atom. The number of hydrogen-bond donors (Lipinski definition) is 1. The van der Waals surface area contributed by atoms with E-state index in [0.717, 1.165) is 25.9 Å². The molecule has 3 rings (SSSR count). The maximum Gasteiger partial charge on any atom is 0.307 e. The first-order valence-corrected chi connectivity index (χ1v) is 7.89. The van der Waals surface area contributed by atoms with E-state index in [1.807, 2.05) is 18.7 Å². The van der Waals surface area contributed by atoms with Gasteiger partial charge in [-0.25, -0.2) is 0 Å². The third kappa shape index (κ3) is 2.04. The second kappa shape index (κ2) is 4.47. The summed E-state index contributed by atoms with van der Waals surface area (Å²) in [4.78, 5) is 25.7. The summed E-state index contributed by atoms with van der Waals surface area (Å²) in [6, 6.07) is 0. The van der Waals surface area contributed by atoms with E-state index >= 15 is 0 Å². The van der Waals surface area contributed by atoms with Crippen molar-refractivity contribution in [2.75, 3.05) is 13.1 Å². The second-order valence-corrected chi connectivity index (χ2v) is 7.65. The standard InChI is InChI=1S/C16H25NO3/c1-15(2)11(12(15)14(19)20)13(18)17-9-7-16(8-10-17)5-3-4-6-16/h11-12H,3-10H2,1-2H3,(H,19,20)/t11-,12+/m1/s1. The number of carboxylic acids is 1. The van der Waals surface area contributed by atoms with Crippen LogP contribution in [0.4, 0.5) is 0 Å². The molecule has 0 unspecified atom stereocenters. The molecule has 1 saturated heterocycles. The summed E-state index contributed by atoms with van der Waals surface area (Å²) in [6.07, 6.45) is 7.55. The molecule has 0 radical (unpaired) electrons. The SMILES string of the molecule is CC1(C)[C@H](C(=O)O)[C@@H]1C(=O)N1CCC2(CCCC2)CC1. The van der Waals surface area contributed by atoms with Gasteiger partial charge >= 0.3 is 5.97 Å². The highest BCUT2D eigenvalue weighted by molar-refractivity contribution is 5.91. The number of rotatable bonds is 2. The van der Waals surface area contributed by atoms with Gasteiger partial charge in [-0.1, -0.05) is 26.7 Å². The minimum atomic E-state index is -0.822. The smallest absolute Gasteiger partial charge is 0.307 e. The lowest BCUT2D eigenvalue weighted by atomic mass is 9.77. The highest BCUT2D eigenvalue weighted by atomic mass is 16.4. The number of nitrogens with zero attached hydrogens (tertiary/aromatic N) is 1. The zero-order valence-corrected chi connectivity index (χ0v) is 12.5. The molecule has 0 aromatic carbocycles. The van der Waals surface area contributed by atoms with Gasteiger partial charge in [0.25, 0.3) is 0 Å². The monoisotopic (exact) mass is 279 g/mol. The first-order valence-electron chi connectivity index (χ1n) is 7.89. The molecule has 1 aliphatic heterocycles. The van der Waals surface area contributed by atoms with Gasteiger partial charge in [0.15, 0.2) is 0 Å². The summed E-state index contributed by atoms with van der Waals surface area (Å²) in [5, 5.41) is 9.20. The first-order chi connectivity index (χ1) is 9.37. The van der Waals surface area contributed by atoms with Gasteiger partial charge in [-0.2, -0.15) is 0 Å². The summed E-state index contributed by atoms with van der Waals surface area (Å²) >= 11 is 0. The van der Waals surface area contributed by atoms with Crippen molar-refractivity contribution in [1.29, 1.82) is 0 Å². The molecule has 20 heavy (non-hydrogen) atoms. The third-order valence-corrected chi connectivity index (χ3v) is 6.16. The molecule has 1 N–H and O–H groups in total. The summed E-state index contributed by atoms with van der Waals surface area (Å²) in [5.74, 6) is -1.54. The van der Waals surface area contributed by atoms with Gasteiger partial charge in [-0.15, -0.1) is 0 Å². The van der Waals surface area contributed by atoms with Crippen LogP contribution in [0.2, 0.25) is 0 Å². The molecule has 3 fully saturated rings. The lowest BCUT2D eigenvalue weighted by Gasteiger charge is -2.39. The van der Waals surface area contributed by atoms with Gasteiger partial charge in [-0.05, 0) is 36.5 Å². The Morgan fingerprint density at radius 1 is 1.00 bits per heavy atom. The number of carboxylic acid groups (broad SMARTS) is 1. The van der Waals surface area contributed by atoms with Crippen molar-refractivity contribution in [3.63, 3.8) is 0 Å². The Bertz CT molecular complexity index is 427. The van der Waals surface area contributed by atoms with E-state index in [1.165, 1.54) is 25.7 Å². The van der Waals surface area contributed by atoms with E-state index in [4.69, 9.17) is 0 Å². The van der Waals surface area contributed by atoms with Crippen LogP contribution in [0, 0.1) is 22.7 Å². The maximum absolute atomic E-state index is 12.6. The van der Waals surface area contributed by atoms with Crippen molar-refractivity contribution in [2.45, 2.75) is 52.4 Å². The Labute approximate surface area is 120 Å². The predicted octanol–water partition coefficient (Wildman–Crippen LogP) is 2.53. The number of piperidine rings is 1. The third-order valence-electron chi connectivity index (χ3n) is 6.16. The Kier molecular flexibility index (Phi) is 3.11. The maximum atomic E-state index is 12.6. The van der Waals surface area contributed by atoms with Gasteiger partial charge in [0.1, 0.15) is 0 Å². The lowest BCUT2D eigenvalue weighted by molar-refractivity contribution is -0.142. The average molecular weight is 279 g/mol. The van der Waals surface area contributed by atoms with Crippen molar-refractivity contribution in [3.05, 3.63) is 0 Å². The summed E-state index contributed by atoms with van der Waals surface area (Å²) in [5.41, 5.74) is 0.132. The number of likely N-dealkylation sites (tertiary alicyclic amines) is 1. The van der Waals surface area contributed by atoms with Crippen molar-refractivity contribution >= 4 is 11.9 Å². The average Bonchev–Trinajstić information content (AvgIpc) is 2.74. The van der Waals surface area contributed by atoms with E-state index in [9.17, 15) is 14.7 Å². The van der Waals surface area contributed by atoms with Gasteiger partial charge in [0.2, 0.25) is 5.91 Å². The molecule has 2 saturated carbocycles. The molecule has 1 amide bonds. The van der Waals surface area contributed by atoms with E-state index in [2.05, 4.69) is 0 Å². The zero-order chi connectivity index (χ0) is 14.5. The number of carbonyl (C=O) groups excluding carboxylic acids is 1. The number of carbonyl (C=O) groups is 2. The van der Waals surface area contributed by atoms with Crippen molar-refractivity contribution in [3.8, 4) is 0 Å². The number of aliphatic carboxylic acids is 1. The molecule has 0 bridgehead atoms. The molecule has 3 aliphatic rings. The molecular formula is C16H25NO3. The summed E-state index contributed by atoms with van der Waals surface area (Å²) in [7, 11) is 0. The van der Waals surface area contributed by atoms with Crippen LogP contribution in [0.25, 0.3) is 0 Å². The Balaban J connectivity index is 1.61. The van der Waals surface area contributed by atoms with Crippen molar-refractivity contribution in [1.82, 2.24) is 4.90 Å². The number of hydrogen-bond acceptors (Lipinski definition) is 2. The Hall–Kier alpha value is -1.06. The fraction of sp³-hybridized carbons (Fsp3) is 0.875. The molecule has 4 heteroatoms. The van der Waals surface area contributed by atoms with Crippen LogP contribution in [0.1, 0.15) is 52.4 Å². The van der Waals surface area contributed by atoms with Crippen LogP contribution in [0.5, 0.6) is 0 Å². The molecule has 2 aliphatic carbocycles. The fourth-order valence-corrected chi connectivity index (χ4v) is 4.58. The molecule has 1 spiro atoms. The van der Waals surface area contributed by atoms with Crippen LogP contribution < -0.4 is 0 Å². The molecule has 112 valence electrons. The Morgan fingerprint density at radius 2 is 1.55 bits per heavy atom. The topological polar surface area (TPSA) is 57.6 Å². The van der Waals surface area contributed by atoms with E-state index < -0.39 is 11.9 Å². The second-order valence-electron chi connectivity index (χ2n) is 7.65. The molecule has 1 heterocycles. The van der Waals surface area contributed by atoms with Crippen molar-refractivity contribution < 1.29 is 14.7 Å². The van der Waals surface area contributed by atoms with Gasteiger partial charge in [0, 0.05) is 13.1 Å². The van der Waals surface area contributed by atoms with Crippen LogP contribution in [-0.2, 0) is 9.59 Å². The highest BCUT2D eigenvalue weighted by Gasteiger charge is 2.66. The fourth-order valence-electron chi connectivity index (χ4n) is 4.58. The van der Waals surface area contributed by atoms with Crippen LogP contribution >= 0.6 is 0 Å². The largest absolute Gasteiger partial charge is 0.481 e. The molecular weight excluding hydrogens is 254 g/mol. The molecule has 0 aromatic heterocycles. The molecule has 0 aromatic rings. The van der Waals surface area contributed by atoms with E-state index in [0.29, 0.717) is 5.41 Å². The number of amides is 1. The minimum absolute atomic E-state index is 0.0789. The predicted molar refractivity (Wildman–Crippen MR) is 75.1 cm³/mol.